The van der Waals surface area contributed by atoms with Gasteiger partial charge in [0, 0.05) is 19.5 Å². The highest BCUT2D eigenvalue weighted by atomic mass is 19.1. The number of benzene rings is 1. The van der Waals surface area contributed by atoms with Gasteiger partial charge in [-0.2, -0.15) is 0 Å². The van der Waals surface area contributed by atoms with Gasteiger partial charge in [-0.15, -0.1) is 0 Å². The Morgan fingerprint density at radius 3 is 2.89 bits per heavy atom. The van der Waals surface area contributed by atoms with Crippen LogP contribution in [0.3, 0.4) is 0 Å². The Morgan fingerprint density at radius 2 is 2.15 bits per heavy atom. The Labute approximate surface area is 156 Å². The average Bonchev–Trinajstić information content (AvgIpc) is 2.67. The normalized spacial score (nSPS) is 13.8. The fourth-order valence-electron chi connectivity index (χ4n) is 2.68. The quantitative estimate of drug-likeness (QED) is 0.726. The van der Waals surface area contributed by atoms with Crippen LogP contribution >= 0.6 is 0 Å². The molecule has 1 aromatic heterocycles. The second-order valence-corrected chi connectivity index (χ2v) is 6.11. The maximum Gasteiger partial charge on any atom is 0.239 e. The number of pyridine rings is 1. The number of nitrogens with zero attached hydrogens (tertiary/aromatic N) is 2. The van der Waals surface area contributed by atoms with Gasteiger partial charge in [-0.05, 0) is 30.7 Å². The molecule has 1 aromatic carbocycles. The van der Waals surface area contributed by atoms with Gasteiger partial charge in [0.15, 0.2) is 11.6 Å². The first-order chi connectivity index (χ1) is 13.1. The molecule has 0 saturated carbocycles. The van der Waals surface area contributed by atoms with Gasteiger partial charge in [0.25, 0.3) is 0 Å². The summed E-state index contributed by atoms with van der Waals surface area (Å²) in [5.41, 5.74) is 0.584. The van der Waals surface area contributed by atoms with Crippen LogP contribution in [0.4, 0.5) is 15.9 Å². The van der Waals surface area contributed by atoms with Crippen molar-refractivity contribution in [2.24, 2.45) is 0 Å². The lowest BCUT2D eigenvalue weighted by molar-refractivity contribution is -0.120. The molecule has 1 aliphatic rings. The summed E-state index contributed by atoms with van der Waals surface area (Å²) in [7, 11) is 0. The van der Waals surface area contributed by atoms with E-state index >= 15 is 0 Å². The van der Waals surface area contributed by atoms with Crippen molar-refractivity contribution < 1.29 is 18.7 Å². The molecule has 0 spiro atoms. The molecule has 2 aromatic rings. The van der Waals surface area contributed by atoms with E-state index in [1.165, 1.54) is 6.07 Å². The zero-order valence-electron chi connectivity index (χ0n) is 14.8. The number of carbonyl (C=O) groups excluding carboxylic acids is 2. The number of nitrogens with one attached hydrogen (secondary N) is 2. The first-order valence-corrected chi connectivity index (χ1v) is 8.77. The lowest BCUT2D eigenvalue weighted by atomic mass is 10.3. The van der Waals surface area contributed by atoms with Gasteiger partial charge in [-0.1, -0.05) is 12.1 Å². The van der Waals surface area contributed by atoms with Crippen molar-refractivity contribution in [1.29, 1.82) is 0 Å². The SMILES string of the molecule is O=C1CN(c2ccc(NC(=O)CCCOc3ccccc3F)cn2)CCN1. The molecule has 8 heteroatoms. The first kappa shape index (κ1) is 18.6. The van der Waals surface area contributed by atoms with Crippen molar-refractivity contribution in [3.8, 4) is 5.75 Å². The lowest BCUT2D eigenvalue weighted by Crippen LogP contribution is -2.48. The van der Waals surface area contributed by atoms with Gasteiger partial charge in [-0.3, -0.25) is 9.59 Å². The molecule has 0 atom stereocenters. The summed E-state index contributed by atoms with van der Waals surface area (Å²) in [5, 5.41) is 5.52. The van der Waals surface area contributed by atoms with Crippen LogP contribution in [0.2, 0.25) is 0 Å². The predicted molar refractivity (Wildman–Crippen MR) is 99.2 cm³/mol. The highest BCUT2D eigenvalue weighted by Crippen LogP contribution is 2.17. The highest BCUT2D eigenvalue weighted by molar-refractivity contribution is 5.90. The maximum atomic E-state index is 13.4. The monoisotopic (exact) mass is 372 g/mol. The summed E-state index contributed by atoms with van der Waals surface area (Å²) in [6, 6.07) is 9.69. The number of amides is 2. The minimum Gasteiger partial charge on any atom is -0.491 e. The number of ether oxygens (including phenoxy) is 1. The molecule has 2 heterocycles. The molecule has 0 unspecified atom stereocenters. The second-order valence-electron chi connectivity index (χ2n) is 6.11. The van der Waals surface area contributed by atoms with Crippen molar-refractivity contribution in [3.63, 3.8) is 0 Å². The number of piperazine rings is 1. The van der Waals surface area contributed by atoms with Crippen LogP contribution in [0.5, 0.6) is 5.75 Å². The third-order valence-corrected chi connectivity index (χ3v) is 4.04. The summed E-state index contributed by atoms with van der Waals surface area (Å²) >= 11 is 0. The number of hydrogen-bond donors (Lipinski definition) is 2. The van der Waals surface area contributed by atoms with Crippen molar-refractivity contribution in [2.75, 3.05) is 36.5 Å². The van der Waals surface area contributed by atoms with Crippen LogP contribution < -0.4 is 20.3 Å². The topological polar surface area (TPSA) is 83.6 Å². The van der Waals surface area contributed by atoms with Gasteiger partial charge in [0.2, 0.25) is 11.8 Å². The van der Waals surface area contributed by atoms with E-state index < -0.39 is 5.82 Å². The molecule has 1 saturated heterocycles. The summed E-state index contributed by atoms with van der Waals surface area (Å²) < 4.78 is 18.7. The fraction of sp³-hybridized carbons (Fsp3) is 0.316. The van der Waals surface area contributed by atoms with E-state index in [1.54, 1.807) is 36.5 Å². The number of hydrogen-bond acceptors (Lipinski definition) is 5. The van der Waals surface area contributed by atoms with E-state index in [1.807, 2.05) is 4.90 Å². The number of halogens is 1. The Balaban J connectivity index is 1.41. The van der Waals surface area contributed by atoms with Crippen LogP contribution in [0.15, 0.2) is 42.6 Å². The molecule has 0 radical (unpaired) electrons. The predicted octanol–water partition coefficient (Wildman–Crippen LogP) is 1.95. The van der Waals surface area contributed by atoms with Crippen molar-refractivity contribution in [3.05, 3.63) is 48.4 Å². The van der Waals surface area contributed by atoms with Crippen LogP contribution in [-0.2, 0) is 9.59 Å². The molecular weight excluding hydrogens is 351 g/mol. The number of aromatic nitrogens is 1. The second kappa shape index (κ2) is 8.98. The fourth-order valence-corrected chi connectivity index (χ4v) is 2.68. The average molecular weight is 372 g/mol. The van der Waals surface area contributed by atoms with Crippen LogP contribution in [-0.4, -0.2) is 43.0 Å². The van der Waals surface area contributed by atoms with Gasteiger partial charge in [0.1, 0.15) is 5.82 Å². The number of carbonyl (C=O) groups is 2. The lowest BCUT2D eigenvalue weighted by Gasteiger charge is -2.27. The first-order valence-electron chi connectivity index (χ1n) is 8.77. The molecule has 0 aliphatic carbocycles. The van der Waals surface area contributed by atoms with E-state index in [0.717, 1.165) is 0 Å². The Kier molecular flexibility index (Phi) is 6.19. The third-order valence-electron chi connectivity index (χ3n) is 4.04. The Bertz CT molecular complexity index is 798. The van der Waals surface area contributed by atoms with Gasteiger partial charge >= 0.3 is 0 Å². The summed E-state index contributed by atoms with van der Waals surface area (Å²) in [4.78, 5) is 29.6. The molecule has 142 valence electrons. The Hall–Kier alpha value is -3.16. The maximum absolute atomic E-state index is 13.4. The van der Waals surface area contributed by atoms with Crippen LogP contribution in [0, 0.1) is 5.82 Å². The van der Waals surface area contributed by atoms with Crippen LogP contribution in [0.25, 0.3) is 0 Å². The molecule has 0 bridgehead atoms. The number of rotatable bonds is 7. The Morgan fingerprint density at radius 1 is 1.30 bits per heavy atom. The van der Waals surface area contributed by atoms with Gasteiger partial charge in [0.05, 0.1) is 25.0 Å². The highest BCUT2D eigenvalue weighted by Gasteiger charge is 2.17. The molecule has 7 nitrogen and oxygen atoms in total. The van der Waals surface area contributed by atoms with Crippen molar-refractivity contribution >= 4 is 23.3 Å². The minimum absolute atomic E-state index is 0.0296. The molecule has 1 aliphatic heterocycles. The summed E-state index contributed by atoms with van der Waals surface area (Å²) in [6.07, 6.45) is 2.28. The van der Waals surface area contributed by atoms with Gasteiger partial charge in [-0.25, -0.2) is 9.37 Å². The summed E-state index contributed by atoms with van der Waals surface area (Å²) in [6.45, 7) is 1.82. The van der Waals surface area contributed by atoms with E-state index in [2.05, 4.69) is 15.6 Å². The largest absolute Gasteiger partial charge is 0.491 e. The van der Waals surface area contributed by atoms with Crippen LogP contribution in [0.1, 0.15) is 12.8 Å². The zero-order valence-corrected chi connectivity index (χ0v) is 14.8. The van der Waals surface area contributed by atoms with Gasteiger partial charge < -0.3 is 20.3 Å². The smallest absolute Gasteiger partial charge is 0.239 e. The van der Waals surface area contributed by atoms with Crippen molar-refractivity contribution in [2.45, 2.75) is 12.8 Å². The molecule has 3 rings (SSSR count). The number of para-hydroxylation sites is 1. The van der Waals surface area contributed by atoms with E-state index in [-0.39, 0.29) is 37.1 Å². The van der Waals surface area contributed by atoms with Crippen molar-refractivity contribution in [1.82, 2.24) is 10.3 Å². The molecular formula is C19H21FN4O3. The van der Waals surface area contributed by atoms with E-state index in [9.17, 15) is 14.0 Å². The molecule has 2 amide bonds. The minimum atomic E-state index is -0.417. The van der Waals surface area contributed by atoms with E-state index in [0.29, 0.717) is 31.0 Å². The summed E-state index contributed by atoms with van der Waals surface area (Å²) in [5.74, 6) is 0.265. The third kappa shape index (κ3) is 5.40. The molecule has 2 N–H and O–H groups in total. The standard InChI is InChI=1S/C19H21FN4O3/c20-15-4-1-2-5-16(15)27-11-3-6-18(25)23-14-7-8-17(22-12-14)24-10-9-21-19(26)13-24/h1-2,4-5,7-8,12H,3,6,9-11,13H2,(H,21,26)(H,23,25). The van der Waals surface area contributed by atoms with E-state index in [4.69, 9.17) is 4.74 Å². The number of anilines is 2. The zero-order chi connectivity index (χ0) is 19.1. The molecule has 27 heavy (non-hydrogen) atoms. The molecule has 1 fully saturated rings.